The number of alkyl halides is 2. The highest BCUT2D eigenvalue weighted by molar-refractivity contribution is 6.30. The van der Waals surface area contributed by atoms with Gasteiger partial charge in [0.05, 0.1) is 5.38 Å². The van der Waals surface area contributed by atoms with E-state index in [1.807, 2.05) is 0 Å². The molecule has 66 valence electrons. The molecule has 0 saturated heterocycles. The fraction of sp³-hybridized carbons (Fsp3) is 1.00. The van der Waals surface area contributed by atoms with Gasteiger partial charge in [-0.2, -0.15) is 0 Å². The lowest BCUT2D eigenvalue weighted by Gasteiger charge is -2.28. The molecule has 0 aromatic heterocycles. The normalized spacial score (nSPS) is 39.0. The van der Waals surface area contributed by atoms with Crippen LogP contribution in [0, 0.1) is 5.92 Å². The third-order valence-corrected chi connectivity index (χ3v) is 3.51. The Morgan fingerprint density at radius 3 is 2.45 bits per heavy atom. The predicted molar refractivity (Wildman–Crippen MR) is 50.3 cm³/mol. The lowest BCUT2D eigenvalue weighted by molar-refractivity contribution is 0.351. The van der Waals surface area contributed by atoms with E-state index in [1.165, 1.54) is 6.42 Å². The molecule has 11 heavy (non-hydrogen) atoms. The maximum Gasteiger partial charge on any atom is 0.0502 e. The molecule has 3 heteroatoms. The average Bonchev–Trinajstić information content (AvgIpc) is 1.98. The first kappa shape index (κ1) is 9.63. The molecule has 0 spiro atoms. The summed E-state index contributed by atoms with van der Waals surface area (Å²) >= 11 is 12.0. The second-order valence-corrected chi connectivity index (χ2v) is 4.41. The fourth-order valence-electron chi connectivity index (χ4n) is 1.66. The highest BCUT2D eigenvalue weighted by atomic mass is 35.5. The second kappa shape index (κ2) is 4.54. The van der Waals surface area contributed by atoms with Crippen LogP contribution in [0.2, 0.25) is 0 Å². The van der Waals surface area contributed by atoms with Crippen LogP contribution in [0.4, 0.5) is 0 Å². The molecule has 1 fully saturated rings. The Labute approximate surface area is 78.2 Å². The van der Waals surface area contributed by atoms with E-state index < -0.39 is 0 Å². The zero-order chi connectivity index (χ0) is 8.27. The van der Waals surface area contributed by atoms with Gasteiger partial charge in [0, 0.05) is 5.38 Å². The zero-order valence-electron chi connectivity index (χ0n) is 6.60. The van der Waals surface area contributed by atoms with Crippen LogP contribution in [0.3, 0.4) is 0 Å². The van der Waals surface area contributed by atoms with E-state index in [9.17, 15) is 0 Å². The number of nitrogens with two attached hydrogens (primary N) is 1. The maximum absolute atomic E-state index is 6.02. The summed E-state index contributed by atoms with van der Waals surface area (Å²) in [5, 5.41) is 0.354. The van der Waals surface area contributed by atoms with E-state index in [4.69, 9.17) is 28.9 Å². The first-order chi connectivity index (χ1) is 5.24. The van der Waals surface area contributed by atoms with Crippen molar-refractivity contribution in [2.45, 2.75) is 36.4 Å². The minimum Gasteiger partial charge on any atom is -0.330 e. The Morgan fingerprint density at radius 2 is 1.91 bits per heavy atom. The first-order valence-electron chi connectivity index (χ1n) is 4.22. The van der Waals surface area contributed by atoms with E-state index in [0.29, 0.717) is 0 Å². The summed E-state index contributed by atoms with van der Waals surface area (Å²) in [5.74, 6) is 0.720. The third-order valence-electron chi connectivity index (χ3n) is 2.38. The molecule has 0 bridgehead atoms. The van der Waals surface area contributed by atoms with Crippen molar-refractivity contribution in [2.24, 2.45) is 11.7 Å². The summed E-state index contributed by atoms with van der Waals surface area (Å²) in [6.07, 6.45) is 4.41. The van der Waals surface area contributed by atoms with Crippen molar-refractivity contribution in [3.8, 4) is 0 Å². The van der Waals surface area contributed by atoms with Gasteiger partial charge in [0.25, 0.3) is 0 Å². The largest absolute Gasteiger partial charge is 0.330 e. The quantitative estimate of drug-likeness (QED) is 0.674. The Hall–Kier alpha value is 0.540. The van der Waals surface area contributed by atoms with Crippen LogP contribution in [0.25, 0.3) is 0 Å². The van der Waals surface area contributed by atoms with Gasteiger partial charge < -0.3 is 5.73 Å². The summed E-state index contributed by atoms with van der Waals surface area (Å²) in [5.41, 5.74) is 5.46. The summed E-state index contributed by atoms with van der Waals surface area (Å²) in [7, 11) is 0. The van der Waals surface area contributed by atoms with Gasteiger partial charge >= 0.3 is 0 Å². The van der Waals surface area contributed by atoms with Gasteiger partial charge in [0.15, 0.2) is 0 Å². The van der Waals surface area contributed by atoms with Crippen molar-refractivity contribution in [2.75, 3.05) is 6.54 Å². The van der Waals surface area contributed by atoms with Crippen LogP contribution in [-0.4, -0.2) is 17.3 Å². The van der Waals surface area contributed by atoms with Crippen LogP contribution in [0.5, 0.6) is 0 Å². The molecule has 0 heterocycles. The minimum absolute atomic E-state index is 0.168. The van der Waals surface area contributed by atoms with E-state index in [2.05, 4.69) is 0 Å². The van der Waals surface area contributed by atoms with Crippen molar-refractivity contribution >= 4 is 23.2 Å². The molecular weight excluding hydrogens is 181 g/mol. The highest BCUT2D eigenvalue weighted by Crippen LogP contribution is 2.32. The standard InChI is InChI=1S/C8H15Cl2N/c9-7-2-1-6(3-4-11)5-8(7)10/h6-8H,1-5,11H2. The second-order valence-electron chi connectivity index (χ2n) is 3.29. The smallest absolute Gasteiger partial charge is 0.0502 e. The molecule has 0 radical (unpaired) electrons. The van der Waals surface area contributed by atoms with Crippen LogP contribution in [-0.2, 0) is 0 Å². The van der Waals surface area contributed by atoms with Gasteiger partial charge in [0.1, 0.15) is 0 Å². The van der Waals surface area contributed by atoms with Gasteiger partial charge in [-0.1, -0.05) is 0 Å². The number of hydrogen-bond donors (Lipinski definition) is 1. The van der Waals surface area contributed by atoms with Gasteiger partial charge in [-0.15, -0.1) is 23.2 Å². The number of halogens is 2. The molecule has 0 aromatic rings. The SMILES string of the molecule is NCCC1CCC(Cl)C(Cl)C1. The van der Waals surface area contributed by atoms with Gasteiger partial charge in [0.2, 0.25) is 0 Å². The molecule has 3 atom stereocenters. The van der Waals surface area contributed by atoms with Crippen molar-refractivity contribution in [3.05, 3.63) is 0 Å². The van der Waals surface area contributed by atoms with Crippen LogP contribution < -0.4 is 5.73 Å². The van der Waals surface area contributed by atoms with Crippen LogP contribution in [0.1, 0.15) is 25.7 Å². The van der Waals surface area contributed by atoms with E-state index in [-0.39, 0.29) is 10.8 Å². The molecular formula is C8H15Cl2N. The molecule has 2 N–H and O–H groups in total. The summed E-state index contributed by atoms with van der Waals surface area (Å²) in [4.78, 5) is 0. The van der Waals surface area contributed by atoms with Crippen LogP contribution in [0.15, 0.2) is 0 Å². The molecule has 1 nitrogen and oxygen atoms in total. The molecule has 3 unspecified atom stereocenters. The summed E-state index contributed by atoms with van der Waals surface area (Å²) in [6, 6.07) is 0. The van der Waals surface area contributed by atoms with Gasteiger partial charge in [-0.05, 0) is 38.1 Å². The molecule has 0 aliphatic heterocycles. The number of rotatable bonds is 2. The molecule has 0 amide bonds. The van der Waals surface area contributed by atoms with E-state index in [0.717, 1.165) is 31.7 Å². The Balaban J connectivity index is 2.28. The summed E-state index contributed by atoms with van der Waals surface area (Å²) in [6.45, 7) is 0.779. The van der Waals surface area contributed by atoms with Gasteiger partial charge in [-0.25, -0.2) is 0 Å². The molecule has 1 aliphatic carbocycles. The number of hydrogen-bond acceptors (Lipinski definition) is 1. The topological polar surface area (TPSA) is 26.0 Å². The molecule has 0 aromatic carbocycles. The third kappa shape index (κ3) is 2.81. The molecule has 1 saturated carbocycles. The predicted octanol–water partition coefficient (Wildman–Crippen LogP) is 2.35. The monoisotopic (exact) mass is 195 g/mol. The minimum atomic E-state index is 0.168. The van der Waals surface area contributed by atoms with Crippen molar-refractivity contribution in [1.29, 1.82) is 0 Å². The fourth-order valence-corrected chi connectivity index (χ4v) is 2.26. The van der Waals surface area contributed by atoms with Crippen molar-refractivity contribution in [1.82, 2.24) is 0 Å². The van der Waals surface area contributed by atoms with Crippen LogP contribution >= 0.6 is 23.2 Å². The Bertz CT molecular complexity index is 119. The lowest BCUT2D eigenvalue weighted by Crippen LogP contribution is -2.27. The average molecular weight is 196 g/mol. The maximum atomic E-state index is 6.02. The van der Waals surface area contributed by atoms with Crippen molar-refractivity contribution in [3.63, 3.8) is 0 Å². The lowest BCUT2D eigenvalue weighted by atomic mass is 9.86. The van der Waals surface area contributed by atoms with E-state index >= 15 is 0 Å². The first-order valence-corrected chi connectivity index (χ1v) is 5.09. The molecule has 1 rings (SSSR count). The molecule has 1 aliphatic rings. The van der Waals surface area contributed by atoms with Crippen molar-refractivity contribution < 1.29 is 0 Å². The highest BCUT2D eigenvalue weighted by Gasteiger charge is 2.26. The zero-order valence-corrected chi connectivity index (χ0v) is 8.11. The van der Waals surface area contributed by atoms with E-state index in [1.54, 1.807) is 0 Å². The Morgan fingerprint density at radius 1 is 1.18 bits per heavy atom. The Kier molecular flexibility index (Phi) is 3.97. The van der Waals surface area contributed by atoms with Gasteiger partial charge in [-0.3, -0.25) is 0 Å². The summed E-state index contributed by atoms with van der Waals surface area (Å²) < 4.78 is 0.